The van der Waals surface area contributed by atoms with Gasteiger partial charge in [-0.3, -0.25) is 14.8 Å². The van der Waals surface area contributed by atoms with Crippen LogP contribution in [-0.4, -0.2) is 20.5 Å². The number of nitro benzene ring substituents is 1. The first-order valence-corrected chi connectivity index (χ1v) is 8.78. The van der Waals surface area contributed by atoms with Crippen LogP contribution in [0, 0.1) is 10.1 Å². The zero-order valence-electron chi connectivity index (χ0n) is 14.1. The summed E-state index contributed by atoms with van der Waals surface area (Å²) >= 11 is 0. The second-order valence-electron chi connectivity index (χ2n) is 5.49. The highest BCUT2D eigenvalue weighted by Gasteiger charge is 2.37. The molecule has 0 unspecified atom stereocenters. The summed E-state index contributed by atoms with van der Waals surface area (Å²) in [5, 5.41) is 11.1. The monoisotopic (exact) mass is 444 g/mol. The van der Waals surface area contributed by atoms with E-state index in [4.69, 9.17) is 4.74 Å². The lowest BCUT2D eigenvalue weighted by Crippen LogP contribution is -2.17. The molecule has 14 heteroatoms. The second kappa shape index (κ2) is 7.42. The molecule has 0 aliphatic heterocycles. The minimum absolute atomic E-state index is 0.0888. The van der Waals surface area contributed by atoms with Gasteiger partial charge in [0.05, 0.1) is 34.9 Å². The van der Waals surface area contributed by atoms with E-state index in [1.54, 1.807) is 0 Å². The molecule has 158 valence electrons. The van der Waals surface area contributed by atoms with Crippen LogP contribution in [0.1, 0.15) is 11.1 Å². The van der Waals surface area contributed by atoms with Crippen LogP contribution in [-0.2, 0) is 22.4 Å². The van der Waals surface area contributed by atoms with E-state index in [0.29, 0.717) is 0 Å². The summed E-state index contributed by atoms with van der Waals surface area (Å²) in [6, 6.07) is 2.59. The SMILES string of the molecule is COc1ccc(S(=O)(=O)Nc2cc(C(F)(F)F)cc(C(F)(F)F)c2)c([N+](=O)[O-])c1. The van der Waals surface area contributed by atoms with E-state index < -0.39 is 54.7 Å². The third kappa shape index (κ3) is 5.07. The van der Waals surface area contributed by atoms with Gasteiger partial charge in [-0.1, -0.05) is 0 Å². The van der Waals surface area contributed by atoms with Crippen LogP contribution in [0.25, 0.3) is 0 Å². The first-order valence-electron chi connectivity index (χ1n) is 7.30. The highest BCUT2D eigenvalue weighted by atomic mass is 32.2. The van der Waals surface area contributed by atoms with Gasteiger partial charge in [-0.15, -0.1) is 0 Å². The Labute approximate surface area is 159 Å². The number of anilines is 1. The molecule has 0 aromatic heterocycles. The highest BCUT2D eigenvalue weighted by Crippen LogP contribution is 2.38. The molecule has 0 atom stereocenters. The van der Waals surface area contributed by atoms with Gasteiger partial charge in [0.25, 0.3) is 15.7 Å². The van der Waals surface area contributed by atoms with Crippen molar-refractivity contribution in [2.45, 2.75) is 17.2 Å². The molecule has 0 aliphatic rings. The Bertz CT molecular complexity index is 1020. The van der Waals surface area contributed by atoms with Crippen LogP contribution in [0.2, 0.25) is 0 Å². The molecule has 0 aliphatic carbocycles. The van der Waals surface area contributed by atoms with E-state index >= 15 is 0 Å². The predicted molar refractivity (Wildman–Crippen MR) is 86.9 cm³/mol. The Kier molecular flexibility index (Phi) is 5.70. The van der Waals surface area contributed by atoms with Crippen molar-refractivity contribution in [2.75, 3.05) is 11.8 Å². The van der Waals surface area contributed by atoms with Crippen molar-refractivity contribution in [3.63, 3.8) is 0 Å². The first-order chi connectivity index (χ1) is 13.1. The standard InChI is InChI=1S/C15H10F6N2O5S/c1-28-11-2-3-13(12(7-11)23(24)25)29(26,27)22-10-5-8(14(16,17)18)4-9(6-10)15(19,20)21/h2-7,22H,1H3. The fourth-order valence-electron chi connectivity index (χ4n) is 2.22. The molecule has 0 saturated carbocycles. The van der Waals surface area contributed by atoms with Crippen LogP contribution in [0.3, 0.4) is 0 Å². The summed E-state index contributed by atoms with van der Waals surface area (Å²) in [4.78, 5) is 9.05. The van der Waals surface area contributed by atoms with Crippen LogP contribution >= 0.6 is 0 Å². The number of alkyl halides is 6. The summed E-state index contributed by atoms with van der Waals surface area (Å²) in [6.07, 6.45) is -10.4. The van der Waals surface area contributed by atoms with Crippen molar-refractivity contribution in [1.29, 1.82) is 0 Å². The van der Waals surface area contributed by atoms with Crippen molar-refractivity contribution < 1.29 is 44.4 Å². The average molecular weight is 444 g/mol. The van der Waals surface area contributed by atoms with Gasteiger partial charge in [0.15, 0.2) is 4.90 Å². The predicted octanol–water partition coefficient (Wildman–Crippen LogP) is 4.44. The largest absolute Gasteiger partial charge is 0.497 e. The van der Waals surface area contributed by atoms with E-state index in [9.17, 15) is 44.9 Å². The molecule has 0 heterocycles. The third-order valence-corrected chi connectivity index (χ3v) is 4.92. The van der Waals surface area contributed by atoms with Crippen LogP contribution < -0.4 is 9.46 Å². The third-order valence-electron chi connectivity index (χ3n) is 3.49. The Morgan fingerprint density at radius 2 is 1.48 bits per heavy atom. The number of hydrogen-bond acceptors (Lipinski definition) is 5. The van der Waals surface area contributed by atoms with Gasteiger partial charge in [0, 0.05) is 0 Å². The zero-order chi connectivity index (χ0) is 22.2. The second-order valence-corrected chi connectivity index (χ2v) is 7.14. The van der Waals surface area contributed by atoms with E-state index in [1.165, 1.54) is 4.72 Å². The minimum Gasteiger partial charge on any atom is -0.497 e. The van der Waals surface area contributed by atoms with Crippen molar-refractivity contribution >= 4 is 21.4 Å². The number of nitro groups is 1. The molecule has 0 fully saturated rings. The quantitative estimate of drug-likeness (QED) is 0.418. The Morgan fingerprint density at radius 1 is 0.966 bits per heavy atom. The fourth-order valence-corrected chi connectivity index (χ4v) is 3.41. The van der Waals surface area contributed by atoms with Gasteiger partial charge in [-0.25, -0.2) is 8.42 Å². The van der Waals surface area contributed by atoms with Crippen LogP contribution in [0.5, 0.6) is 5.75 Å². The zero-order valence-corrected chi connectivity index (χ0v) is 14.9. The summed E-state index contributed by atoms with van der Waals surface area (Å²) in [5.41, 5.74) is -5.57. The smallest absolute Gasteiger partial charge is 0.416 e. The Balaban J connectivity index is 2.60. The summed E-state index contributed by atoms with van der Waals surface area (Å²) in [7, 11) is -3.77. The topological polar surface area (TPSA) is 98.5 Å². The average Bonchev–Trinajstić information content (AvgIpc) is 2.58. The molecule has 2 rings (SSSR count). The van der Waals surface area contributed by atoms with Gasteiger partial charge < -0.3 is 4.74 Å². The highest BCUT2D eigenvalue weighted by molar-refractivity contribution is 7.92. The number of rotatable bonds is 5. The Hall–Kier alpha value is -3.03. The van der Waals surface area contributed by atoms with E-state index in [1.807, 2.05) is 0 Å². The number of nitrogens with one attached hydrogen (secondary N) is 1. The molecule has 2 aromatic carbocycles. The summed E-state index contributed by atoms with van der Waals surface area (Å²) in [6.45, 7) is 0. The lowest BCUT2D eigenvalue weighted by molar-refractivity contribution is -0.387. The number of hydrogen-bond donors (Lipinski definition) is 1. The molecule has 0 radical (unpaired) electrons. The van der Waals surface area contributed by atoms with Crippen LogP contribution in [0.15, 0.2) is 41.3 Å². The number of nitrogens with zero attached hydrogens (tertiary/aromatic N) is 1. The van der Waals surface area contributed by atoms with Gasteiger partial charge in [0.2, 0.25) is 0 Å². The maximum absolute atomic E-state index is 12.9. The summed E-state index contributed by atoms with van der Waals surface area (Å²) in [5.74, 6) is -0.0888. The number of ether oxygens (including phenoxy) is 1. The van der Waals surface area contributed by atoms with Crippen molar-refractivity contribution in [3.05, 3.63) is 57.6 Å². The van der Waals surface area contributed by atoms with E-state index in [2.05, 4.69) is 0 Å². The van der Waals surface area contributed by atoms with Crippen molar-refractivity contribution in [3.8, 4) is 5.75 Å². The van der Waals surface area contributed by atoms with E-state index in [-0.39, 0.29) is 23.9 Å². The summed E-state index contributed by atoms with van der Waals surface area (Å²) < 4.78 is 108. The molecule has 0 amide bonds. The normalized spacial score (nSPS) is 12.5. The number of methoxy groups -OCH3 is 1. The maximum Gasteiger partial charge on any atom is 0.416 e. The number of sulfonamides is 1. The van der Waals surface area contributed by atoms with Gasteiger partial charge in [-0.2, -0.15) is 26.3 Å². The lowest BCUT2D eigenvalue weighted by atomic mass is 10.1. The molecule has 1 N–H and O–H groups in total. The number of halogens is 6. The van der Waals surface area contributed by atoms with Crippen molar-refractivity contribution in [2.24, 2.45) is 0 Å². The Morgan fingerprint density at radius 3 is 1.90 bits per heavy atom. The first kappa shape index (κ1) is 22.3. The van der Waals surface area contributed by atoms with Gasteiger partial charge in [-0.05, 0) is 30.3 Å². The lowest BCUT2D eigenvalue weighted by Gasteiger charge is -2.15. The van der Waals surface area contributed by atoms with Crippen molar-refractivity contribution in [1.82, 2.24) is 0 Å². The van der Waals surface area contributed by atoms with Gasteiger partial charge in [0.1, 0.15) is 5.75 Å². The molecule has 0 bridgehead atoms. The molecular weight excluding hydrogens is 434 g/mol. The molecule has 0 saturated heterocycles. The molecular formula is C15H10F6N2O5S. The van der Waals surface area contributed by atoms with E-state index in [0.717, 1.165) is 25.3 Å². The molecule has 7 nitrogen and oxygen atoms in total. The minimum atomic E-state index is -5.20. The molecule has 0 spiro atoms. The van der Waals surface area contributed by atoms with Gasteiger partial charge >= 0.3 is 12.4 Å². The maximum atomic E-state index is 12.9. The fraction of sp³-hybridized carbons (Fsp3) is 0.200. The molecule has 2 aromatic rings. The molecule has 29 heavy (non-hydrogen) atoms. The number of benzene rings is 2. The van der Waals surface area contributed by atoms with Crippen LogP contribution in [0.4, 0.5) is 37.7 Å².